The van der Waals surface area contributed by atoms with Crippen molar-refractivity contribution in [2.75, 3.05) is 18.3 Å². The van der Waals surface area contributed by atoms with Gasteiger partial charge in [-0.15, -0.1) is 0 Å². The lowest BCUT2D eigenvalue weighted by molar-refractivity contribution is 0.584. The number of nitrogens with zero attached hydrogens (tertiary/aromatic N) is 1. The summed E-state index contributed by atoms with van der Waals surface area (Å²) < 4.78 is 27.1. The Bertz CT molecular complexity index is 713. The maximum Gasteiger partial charge on any atom is 0.236 e. The first-order valence-corrected chi connectivity index (χ1v) is 8.01. The van der Waals surface area contributed by atoms with Gasteiger partial charge in [-0.1, -0.05) is 18.2 Å². The summed E-state index contributed by atoms with van der Waals surface area (Å²) in [5.74, 6) is 0. The number of hydrogen-bond acceptors (Lipinski definition) is 4. The summed E-state index contributed by atoms with van der Waals surface area (Å²) in [6.45, 7) is 3.95. The largest absolute Gasteiger partial charge is 0.318 e. The molecule has 0 aliphatic rings. The van der Waals surface area contributed by atoms with Crippen molar-refractivity contribution in [2.24, 2.45) is 0 Å². The molecule has 1 aromatic carbocycles. The third-order valence-electron chi connectivity index (χ3n) is 3.13. The van der Waals surface area contributed by atoms with Crippen molar-refractivity contribution in [3.05, 3.63) is 36.0 Å². The van der Waals surface area contributed by atoms with Crippen LogP contribution < -0.4 is 10.0 Å². The SMILES string of the molecule is CNCC(C)S(=O)(=O)Nc1cccc2ccc(C)nc12. The van der Waals surface area contributed by atoms with Crippen LogP contribution in [0.3, 0.4) is 0 Å². The number of rotatable bonds is 5. The van der Waals surface area contributed by atoms with Crippen molar-refractivity contribution < 1.29 is 8.42 Å². The number of benzene rings is 1. The van der Waals surface area contributed by atoms with E-state index in [1.54, 1.807) is 20.0 Å². The molecule has 0 saturated heterocycles. The molecule has 0 aliphatic carbocycles. The molecule has 5 nitrogen and oxygen atoms in total. The lowest BCUT2D eigenvalue weighted by Gasteiger charge is -2.15. The van der Waals surface area contributed by atoms with Gasteiger partial charge in [0.2, 0.25) is 10.0 Å². The second-order valence-corrected chi connectivity index (χ2v) is 6.94. The summed E-state index contributed by atoms with van der Waals surface area (Å²) in [5, 5.41) is 3.26. The monoisotopic (exact) mass is 293 g/mol. The van der Waals surface area contributed by atoms with Gasteiger partial charge in [-0.3, -0.25) is 9.71 Å². The molecule has 6 heteroatoms. The van der Waals surface area contributed by atoms with E-state index in [0.29, 0.717) is 17.7 Å². The van der Waals surface area contributed by atoms with E-state index in [-0.39, 0.29) is 0 Å². The van der Waals surface area contributed by atoms with Gasteiger partial charge in [0, 0.05) is 17.6 Å². The van der Waals surface area contributed by atoms with Crippen LogP contribution in [0.1, 0.15) is 12.6 Å². The first-order chi connectivity index (χ1) is 9.44. The van der Waals surface area contributed by atoms with Crippen molar-refractivity contribution >= 4 is 26.6 Å². The number of aromatic nitrogens is 1. The van der Waals surface area contributed by atoms with Crippen LogP contribution in [0.2, 0.25) is 0 Å². The number of fused-ring (bicyclic) bond motifs is 1. The molecule has 0 saturated carbocycles. The summed E-state index contributed by atoms with van der Waals surface area (Å²) in [7, 11) is -1.70. The molecular weight excluding hydrogens is 274 g/mol. The van der Waals surface area contributed by atoms with Crippen molar-refractivity contribution in [3.63, 3.8) is 0 Å². The van der Waals surface area contributed by atoms with Crippen molar-refractivity contribution in [3.8, 4) is 0 Å². The highest BCUT2D eigenvalue weighted by Gasteiger charge is 2.20. The molecule has 1 atom stereocenters. The second-order valence-electron chi connectivity index (χ2n) is 4.85. The molecule has 2 N–H and O–H groups in total. The molecule has 0 fully saturated rings. The van der Waals surface area contributed by atoms with Crippen LogP contribution in [0, 0.1) is 6.92 Å². The Labute approximate surface area is 119 Å². The molecular formula is C14H19N3O2S. The van der Waals surface area contributed by atoms with E-state index in [4.69, 9.17) is 0 Å². The third-order valence-corrected chi connectivity index (χ3v) is 4.86. The number of anilines is 1. The van der Waals surface area contributed by atoms with E-state index < -0.39 is 15.3 Å². The fourth-order valence-electron chi connectivity index (χ4n) is 1.98. The van der Waals surface area contributed by atoms with Gasteiger partial charge in [-0.2, -0.15) is 0 Å². The van der Waals surface area contributed by atoms with Crippen LogP contribution in [-0.2, 0) is 10.0 Å². The van der Waals surface area contributed by atoms with Gasteiger partial charge in [0.15, 0.2) is 0 Å². The van der Waals surface area contributed by atoms with Gasteiger partial charge < -0.3 is 5.32 Å². The van der Waals surface area contributed by atoms with Gasteiger partial charge in [0.05, 0.1) is 16.5 Å². The molecule has 2 rings (SSSR count). The highest BCUT2D eigenvalue weighted by Crippen LogP contribution is 2.23. The number of pyridine rings is 1. The summed E-state index contributed by atoms with van der Waals surface area (Å²) >= 11 is 0. The van der Waals surface area contributed by atoms with E-state index in [1.807, 2.05) is 31.2 Å². The van der Waals surface area contributed by atoms with Crippen molar-refractivity contribution in [1.82, 2.24) is 10.3 Å². The minimum atomic E-state index is -3.43. The zero-order chi connectivity index (χ0) is 14.8. The molecule has 1 heterocycles. The molecule has 108 valence electrons. The number of sulfonamides is 1. The average molecular weight is 293 g/mol. The van der Waals surface area contributed by atoms with Gasteiger partial charge in [0.25, 0.3) is 0 Å². The van der Waals surface area contributed by atoms with Crippen LogP contribution in [0.4, 0.5) is 5.69 Å². The molecule has 0 aliphatic heterocycles. The van der Waals surface area contributed by atoms with E-state index in [0.717, 1.165) is 11.1 Å². The lowest BCUT2D eigenvalue weighted by Crippen LogP contribution is -2.33. The van der Waals surface area contributed by atoms with Crippen molar-refractivity contribution in [2.45, 2.75) is 19.1 Å². The fraction of sp³-hybridized carbons (Fsp3) is 0.357. The van der Waals surface area contributed by atoms with Crippen LogP contribution in [-0.4, -0.2) is 32.2 Å². The van der Waals surface area contributed by atoms with E-state index in [1.165, 1.54) is 0 Å². The molecule has 2 aromatic rings. The van der Waals surface area contributed by atoms with Gasteiger partial charge in [-0.05, 0) is 33.0 Å². The third kappa shape index (κ3) is 3.08. The highest BCUT2D eigenvalue weighted by molar-refractivity contribution is 7.93. The quantitative estimate of drug-likeness (QED) is 0.883. The van der Waals surface area contributed by atoms with Crippen LogP contribution in [0.5, 0.6) is 0 Å². The summed E-state index contributed by atoms with van der Waals surface area (Å²) in [6, 6.07) is 9.31. The molecule has 0 amide bonds. The van der Waals surface area contributed by atoms with E-state index in [2.05, 4.69) is 15.0 Å². The maximum absolute atomic E-state index is 12.2. The van der Waals surface area contributed by atoms with Crippen LogP contribution in [0.15, 0.2) is 30.3 Å². The Hall–Kier alpha value is -1.66. The fourth-order valence-corrected chi connectivity index (χ4v) is 3.04. The lowest BCUT2D eigenvalue weighted by atomic mass is 10.2. The standard InChI is InChI=1S/C14H19N3O2S/c1-10-7-8-12-5-4-6-13(14(12)16-10)17-20(18,19)11(2)9-15-3/h4-8,11,15,17H,9H2,1-3H3. The summed E-state index contributed by atoms with van der Waals surface area (Å²) in [6.07, 6.45) is 0. The summed E-state index contributed by atoms with van der Waals surface area (Å²) in [4.78, 5) is 4.42. The highest BCUT2D eigenvalue weighted by atomic mass is 32.2. The number of hydrogen-bond donors (Lipinski definition) is 2. The van der Waals surface area contributed by atoms with Gasteiger partial charge in [0.1, 0.15) is 0 Å². The number of para-hydroxylation sites is 1. The molecule has 0 radical (unpaired) electrons. The Balaban J connectivity index is 2.41. The van der Waals surface area contributed by atoms with E-state index >= 15 is 0 Å². The number of aryl methyl sites for hydroxylation is 1. The minimum Gasteiger partial charge on any atom is -0.318 e. The average Bonchev–Trinajstić information content (AvgIpc) is 2.39. The first kappa shape index (κ1) is 14.7. The van der Waals surface area contributed by atoms with Gasteiger partial charge in [-0.25, -0.2) is 8.42 Å². The Morgan fingerprint density at radius 3 is 2.70 bits per heavy atom. The molecule has 20 heavy (non-hydrogen) atoms. The van der Waals surface area contributed by atoms with Gasteiger partial charge >= 0.3 is 0 Å². The molecule has 0 bridgehead atoms. The topological polar surface area (TPSA) is 71.1 Å². The maximum atomic E-state index is 12.2. The predicted octanol–water partition coefficient (Wildman–Crippen LogP) is 1.89. The summed E-state index contributed by atoms with van der Waals surface area (Å²) in [5.41, 5.74) is 2.05. The molecule has 1 aromatic heterocycles. The number of nitrogens with one attached hydrogen (secondary N) is 2. The minimum absolute atomic E-state index is 0.395. The van der Waals surface area contributed by atoms with Crippen molar-refractivity contribution in [1.29, 1.82) is 0 Å². The normalized spacial score (nSPS) is 13.3. The molecule has 0 spiro atoms. The zero-order valence-electron chi connectivity index (χ0n) is 11.8. The molecule has 1 unspecified atom stereocenters. The first-order valence-electron chi connectivity index (χ1n) is 6.46. The van der Waals surface area contributed by atoms with Crippen LogP contribution >= 0.6 is 0 Å². The Morgan fingerprint density at radius 1 is 1.25 bits per heavy atom. The Morgan fingerprint density at radius 2 is 2.00 bits per heavy atom. The predicted molar refractivity (Wildman–Crippen MR) is 82.4 cm³/mol. The smallest absolute Gasteiger partial charge is 0.236 e. The zero-order valence-corrected chi connectivity index (χ0v) is 12.7. The Kier molecular flexibility index (Phi) is 4.25. The van der Waals surface area contributed by atoms with Crippen LogP contribution in [0.25, 0.3) is 10.9 Å². The van der Waals surface area contributed by atoms with E-state index in [9.17, 15) is 8.42 Å². The second kappa shape index (κ2) is 5.76.